The second kappa shape index (κ2) is 10.5. The van der Waals surface area contributed by atoms with E-state index >= 15 is 0 Å². The van der Waals surface area contributed by atoms with Crippen molar-refractivity contribution in [1.29, 1.82) is 0 Å². The van der Waals surface area contributed by atoms with E-state index in [-0.39, 0.29) is 11.8 Å². The van der Waals surface area contributed by atoms with Crippen molar-refractivity contribution >= 4 is 17.6 Å². The number of benzene rings is 1. The Bertz CT molecular complexity index is 1170. The summed E-state index contributed by atoms with van der Waals surface area (Å²) in [6.07, 6.45) is 4.02. The molecule has 180 valence electrons. The van der Waals surface area contributed by atoms with Gasteiger partial charge in [0.25, 0.3) is 0 Å². The lowest BCUT2D eigenvalue weighted by molar-refractivity contribution is -0.122. The normalized spacial score (nSPS) is 13.0. The van der Waals surface area contributed by atoms with Gasteiger partial charge >= 0.3 is 0 Å². The van der Waals surface area contributed by atoms with E-state index in [0.29, 0.717) is 56.8 Å². The van der Waals surface area contributed by atoms with Crippen LogP contribution in [0.25, 0.3) is 11.4 Å². The maximum atomic E-state index is 12.6. The summed E-state index contributed by atoms with van der Waals surface area (Å²) < 4.78 is 14.5. The van der Waals surface area contributed by atoms with Crippen molar-refractivity contribution in [3.05, 3.63) is 48.2 Å². The summed E-state index contributed by atoms with van der Waals surface area (Å²) in [5, 5.41) is 7.64. The smallest absolute Gasteiger partial charge is 0.229 e. The summed E-state index contributed by atoms with van der Waals surface area (Å²) in [6, 6.07) is 11.7. The highest BCUT2D eigenvalue weighted by atomic mass is 16.5. The van der Waals surface area contributed by atoms with E-state index in [1.807, 2.05) is 58.9 Å². The largest absolute Gasteiger partial charge is 0.493 e. The van der Waals surface area contributed by atoms with Crippen molar-refractivity contribution in [1.82, 2.24) is 19.7 Å². The average molecular weight is 466 g/mol. The molecule has 0 unspecified atom stereocenters. The molecular weight excluding hydrogens is 434 g/mol. The highest BCUT2D eigenvalue weighted by molar-refractivity contribution is 5.94. The number of nitrogens with one attached hydrogen (secondary N) is 1. The number of nitrogens with zero attached hydrogens (tertiary/aromatic N) is 4. The van der Waals surface area contributed by atoms with Crippen molar-refractivity contribution in [3.8, 4) is 22.9 Å². The molecule has 1 aliphatic rings. The number of methoxy groups -OCH3 is 2. The van der Waals surface area contributed by atoms with Gasteiger partial charge in [-0.05, 0) is 42.7 Å². The zero-order valence-electron chi connectivity index (χ0n) is 19.9. The van der Waals surface area contributed by atoms with E-state index < -0.39 is 0 Å². The van der Waals surface area contributed by atoms with E-state index in [1.54, 1.807) is 19.1 Å². The third-order valence-corrected chi connectivity index (χ3v) is 6.05. The molecule has 0 saturated heterocycles. The van der Waals surface area contributed by atoms with Crippen LogP contribution in [0.2, 0.25) is 0 Å². The molecule has 0 spiro atoms. The predicted octanol–water partition coefficient (Wildman–Crippen LogP) is 2.78. The summed E-state index contributed by atoms with van der Waals surface area (Å²) in [6.45, 7) is 1.59. The van der Waals surface area contributed by atoms with Crippen LogP contribution in [0.1, 0.15) is 24.8 Å². The number of anilines is 1. The Morgan fingerprint density at radius 1 is 1.15 bits per heavy atom. The van der Waals surface area contributed by atoms with Crippen LogP contribution in [0.4, 0.5) is 5.82 Å². The molecule has 0 atom stereocenters. The molecule has 34 heavy (non-hydrogen) atoms. The molecule has 0 aliphatic carbocycles. The molecule has 9 nitrogen and oxygen atoms in total. The van der Waals surface area contributed by atoms with Crippen LogP contribution in [0, 0.1) is 0 Å². The van der Waals surface area contributed by atoms with E-state index in [1.165, 1.54) is 0 Å². The van der Waals surface area contributed by atoms with Gasteiger partial charge in [0.15, 0.2) is 11.5 Å². The Balaban J connectivity index is 1.27. The molecule has 9 heteroatoms. The monoisotopic (exact) mass is 465 g/mol. The minimum absolute atomic E-state index is 0.0251. The SMILES string of the molecule is COc1ccc(CCNC(=O)CCCN2C(=O)CCn3nc(-c4cccn4C)cc32)cc1OC. The number of amides is 2. The lowest BCUT2D eigenvalue weighted by atomic mass is 10.1. The summed E-state index contributed by atoms with van der Waals surface area (Å²) in [4.78, 5) is 26.7. The van der Waals surface area contributed by atoms with Gasteiger partial charge in [0.1, 0.15) is 11.5 Å². The molecule has 4 rings (SSSR count). The molecule has 0 fully saturated rings. The highest BCUT2D eigenvalue weighted by Crippen LogP contribution is 2.29. The maximum absolute atomic E-state index is 12.6. The molecule has 0 bridgehead atoms. The number of ether oxygens (including phenoxy) is 2. The van der Waals surface area contributed by atoms with Crippen LogP contribution in [0.5, 0.6) is 11.5 Å². The first-order valence-electron chi connectivity index (χ1n) is 11.5. The van der Waals surface area contributed by atoms with Gasteiger partial charge in [0, 0.05) is 45.2 Å². The van der Waals surface area contributed by atoms with Gasteiger partial charge in [-0.15, -0.1) is 0 Å². The van der Waals surface area contributed by atoms with Crippen molar-refractivity contribution in [2.24, 2.45) is 7.05 Å². The molecule has 3 heterocycles. The molecule has 1 aliphatic heterocycles. The molecule has 2 amide bonds. The second-order valence-corrected chi connectivity index (χ2v) is 8.30. The van der Waals surface area contributed by atoms with Crippen LogP contribution < -0.4 is 19.7 Å². The third kappa shape index (κ3) is 5.08. The quantitative estimate of drug-likeness (QED) is 0.497. The predicted molar refractivity (Wildman–Crippen MR) is 129 cm³/mol. The summed E-state index contributed by atoms with van der Waals surface area (Å²) in [5.41, 5.74) is 2.90. The minimum atomic E-state index is -0.0251. The first-order chi connectivity index (χ1) is 16.5. The molecule has 1 N–H and O–H groups in total. The first-order valence-corrected chi connectivity index (χ1v) is 11.5. The molecule has 0 saturated carbocycles. The van der Waals surface area contributed by atoms with Crippen LogP contribution in [-0.4, -0.2) is 53.5 Å². The summed E-state index contributed by atoms with van der Waals surface area (Å²) >= 11 is 0. The molecular formula is C25H31N5O4. The van der Waals surface area contributed by atoms with Crippen molar-refractivity contribution in [2.75, 3.05) is 32.2 Å². The van der Waals surface area contributed by atoms with Gasteiger partial charge in [0.2, 0.25) is 11.8 Å². The maximum Gasteiger partial charge on any atom is 0.229 e. The van der Waals surface area contributed by atoms with Crippen molar-refractivity contribution in [3.63, 3.8) is 0 Å². The van der Waals surface area contributed by atoms with E-state index in [0.717, 1.165) is 22.8 Å². The van der Waals surface area contributed by atoms with Gasteiger partial charge in [-0.2, -0.15) is 5.10 Å². The van der Waals surface area contributed by atoms with Gasteiger partial charge in [0.05, 0.1) is 26.5 Å². The highest BCUT2D eigenvalue weighted by Gasteiger charge is 2.26. The first kappa shape index (κ1) is 23.4. The number of aromatic nitrogens is 3. The zero-order chi connectivity index (χ0) is 24.1. The number of aryl methyl sites for hydroxylation is 2. The van der Waals surface area contributed by atoms with Crippen LogP contribution in [0.3, 0.4) is 0 Å². The van der Waals surface area contributed by atoms with Crippen LogP contribution in [0.15, 0.2) is 42.6 Å². The Labute approximate surface area is 199 Å². The lowest BCUT2D eigenvalue weighted by Crippen LogP contribution is -2.38. The fourth-order valence-corrected chi connectivity index (χ4v) is 4.21. The van der Waals surface area contributed by atoms with E-state index in [4.69, 9.17) is 9.47 Å². The number of rotatable bonds is 10. The average Bonchev–Trinajstić information content (AvgIpc) is 3.46. The van der Waals surface area contributed by atoms with Crippen molar-refractivity contribution in [2.45, 2.75) is 32.2 Å². The molecule has 1 aromatic carbocycles. The van der Waals surface area contributed by atoms with E-state index in [2.05, 4.69) is 10.4 Å². The molecule has 0 radical (unpaired) electrons. The Morgan fingerprint density at radius 3 is 2.71 bits per heavy atom. The van der Waals surface area contributed by atoms with Gasteiger partial charge < -0.3 is 19.4 Å². The lowest BCUT2D eigenvalue weighted by Gasteiger charge is -2.27. The number of hydrogen-bond acceptors (Lipinski definition) is 5. The van der Waals surface area contributed by atoms with Gasteiger partial charge in [-0.1, -0.05) is 6.07 Å². The topological polar surface area (TPSA) is 90.6 Å². The third-order valence-electron chi connectivity index (χ3n) is 6.05. The van der Waals surface area contributed by atoms with E-state index in [9.17, 15) is 9.59 Å². The van der Waals surface area contributed by atoms with Crippen LogP contribution >= 0.6 is 0 Å². The summed E-state index contributed by atoms with van der Waals surface area (Å²) in [7, 11) is 5.18. The Kier molecular flexibility index (Phi) is 7.20. The number of hydrogen-bond donors (Lipinski definition) is 1. The molecule has 3 aromatic rings. The fourth-order valence-electron chi connectivity index (χ4n) is 4.21. The van der Waals surface area contributed by atoms with Crippen LogP contribution in [-0.2, 0) is 29.6 Å². The fraction of sp³-hybridized carbons (Fsp3) is 0.400. The number of carbonyl (C=O) groups is 2. The summed E-state index contributed by atoms with van der Waals surface area (Å²) in [5.74, 6) is 2.19. The number of fused-ring (bicyclic) bond motifs is 1. The number of carbonyl (C=O) groups excluding carboxylic acids is 2. The van der Waals surface area contributed by atoms with Crippen molar-refractivity contribution < 1.29 is 19.1 Å². The molecule has 2 aromatic heterocycles. The van der Waals surface area contributed by atoms with Gasteiger partial charge in [-0.3, -0.25) is 14.5 Å². The Morgan fingerprint density at radius 2 is 1.97 bits per heavy atom. The second-order valence-electron chi connectivity index (χ2n) is 8.30. The zero-order valence-corrected chi connectivity index (χ0v) is 19.9. The van der Waals surface area contributed by atoms with Gasteiger partial charge in [-0.25, -0.2) is 4.68 Å². The Hall–Kier alpha value is -3.75. The minimum Gasteiger partial charge on any atom is -0.493 e. The standard InChI is InChI=1S/C25H31N5O4/c1-28-13-4-6-20(28)19-17-24-29(25(32)11-15-30(24)27-19)14-5-7-23(31)26-12-10-18-8-9-21(33-2)22(16-18)34-3/h4,6,8-9,13,16-17H,5,7,10-12,14-15H2,1-3H3,(H,26,31).